The van der Waals surface area contributed by atoms with Crippen molar-refractivity contribution in [1.82, 2.24) is 19.8 Å². The van der Waals surface area contributed by atoms with Gasteiger partial charge in [-0.15, -0.1) is 0 Å². The maximum atomic E-state index is 14.0. The number of hydrogen-bond acceptors (Lipinski definition) is 5. The van der Waals surface area contributed by atoms with Crippen LogP contribution in [-0.2, 0) is 16.4 Å². The highest BCUT2D eigenvalue weighted by molar-refractivity contribution is 5.89. The summed E-state index contributed by atoms with van der Waals surface area (Å²) < 4.78 is 42.0. The second-order valence-electron chi connectivity index (χ2n) is 11.6. The topological polar surface area (TPSA) is 77.2 Å². The summed E-state index contributed by atoms with van der Waals surface area (Å²) in [5.41, 5.74) is 1.52. The average Bonchev–Trinajstić information content (AvgIpc) is 3.55. The molecule has 2 aliphatic heterocycles. The first kappa shape index (κ1) is 27.3. The van der Waals surface area contributed by atoms with Crippen LogP contribution in [0.3, 0.4) is 0 Å². The lowest BCUT2D eigenvalue weighted by molar-refractivity contribution is -0.137. The summed E-state index contributed by atoms with van der Waals surface area (Å²) in [5, 5.41) is 12.9. The highest BCUT2D eigenvalue weighted by Crippen LogP contribution is 2.41. The van der Waals surface area contributed by atoms with Gasteiger partial charge in [0.1, 0.15) is 6.07 Å². The number of nitriles is 1. The molecule has 3 aliphatic rings. The lowest BCUT2D eigenvalue weighted by atomic mass is 9.72. The molecule has 41 heavy (non-hydrogen) atoms. The molecular weight excluding hydrogens is 529 g/mol. The van der Waals surface area contributed by atoms with E-state index in [0.717, 1.165) is 48.6 Å². The number of nitrogens with one attached hydrogen (secondary N) is 1. The van der Waals surface area contributed by atoms with Crippen molar-refractivity contribution < 1.29 is 18.0 Å². The molecule has 10 heteroatoms. The van der Waals surface area contributed by atoms with Crippen molar-refractivity contribution in [3.63, 3.8) is 0 Å². The standard InChI is InChI=1S/C31H33F3N6O/c1-38-14-10-24(20-38)37-29(41)30(23-4-8-26(36-19-23)28-3-2-13-40(28)25-6-7-25)11-15-39(16-12-30)27-9-5-22(31(32,33)34)17-21(27)18-35/h2-5,8-9,13,17,19,24-25H,6-7,10-12,14-16,20H2,1H3,(H,37,41)/t24-/m0/s1. The van der Waals surface area contributed by atoms with Crippen LogP contribution in [0.25, 0.3) is 11.4 Å². The van der Waals surface area contributed by atoms with Gasteiger partial charge in [-0.2, -0.15) is 18.4 Å². The van der Waals surface area contributed by atoms with E-state index in [1.54, 1.807) is 0 Å². The highest BCUT2D eigenvalue weighted by Gasteiger charge is 2.45. The van der Waals surface area contributed by atoms with Crippen LogP contribution in [0.2, 0.25) is 0 Å². The maximum Gasteiger partial charge on any atom is 0.416 e. The molecule has 0 bridgehead atoms. The Bertz CT molecular complexity index is 1460. The van der Waals surface area contributed by atoms with Gasteiger partial charge in [-0.3, -0.25) is 9.78 Å². The molecule has 4 heterocycles. The van der Waals surface area contributed by atoms with Crippen LogP contribution in [-0.4, -0.2) is 59.6 Å². The molecule has 1 aliphatic carbocycles. The van der Waals surface area contributed by atoms with E-state index in [2.05, 4.69) is 27.0 Å². The fraction of sp³-hybridized carbons (Fsp3) is 0.452. The quantitative estimate of drug-likeness (QED) is 0.451. The minimum Gasteiger partial charge on any atom is -0.370 e. The first-order valence-corrected chi connectivity index (χ1v) is 14.2. The summed E-state index contributed by atoms with van der Waals surface area (Å²) >= 11 is 0. The Morgan fingerprint density at radius 1 is 1.10 bits per heavy atom. The lowest BCUT2D eigenvalue weighted by Crippen LogP contribution is -2.54. The second kappa shape index (κ2) is 10.5. The maximum absolute atomic E-state index is 14.0. The number of halogens is 3. The molecule has 2 saturated heterocycles. The Labute approximate surface area is 237 Å². The van der Waals surface area contributed by atoms with Gasteiger partial charge in [-0.25, -0.2) is 0 Å². The Balaban J connectivity index is 1.28. The first-order valence-electron chi connectivity index (χ1n) is 14.2. The number of nitrogens with zero attached hydrogens (tertiary/aromatic N) is 5. The number of aromatic nitrogens is 2. The van der Waals surface area contributed by atoms with E-state index < -0.39 is 17.2 Å². The first-order chi connectivity index (χ1) is 19.7. The molecule has 0 spiro atoms. The summed E-state index contributed by atoms with van der Waals surface area (Å²) in [6, 6.07) is 13.9. The molecule has 0 unspecified atom stereocenters. The van der Waals surface area contributed by atoms with Gasteiger partial charge in [0.25, 0.3) is 0 Å². The predicted octanol–water partition coefficient (Wildman–Crippen LogP) is 5.13. The number of pyridine rings is 1. The summed E-state index contributed by atoms with van der Waals surface area (Å²) in [6.07, 6.45) is 3.51. The van der Waals surface area contributed by atoms with Gasteiger partial charge in [-0.05, 0) is 87.7 Å². The Morgan fingerprint density at radius 3 is 2.49 bits per heavy atom. The molecule has 1 amide bonds. The number of carbonyl (C=O) groups excluding carboxylic acids is 1. The lowest BCUT2D eigenvalue weighted by Gasteiger charge is -2.42. The molecular formula is C31H33F3N6O. The van der Waals surface area contributed by atoms with Gasteiger partial charge in [-0.1, -0.05) is 6.07 Å². The van der Waals surface area contributed by atoms with Crippen molar-refractivity contribution in [2.45, 2.75) is 55.8 Å². The van der Waals surface area contributed by atoms with Crippen LogP contribution >= 0.6 is 0 Å². The molecule has 3 aromatic rings. The Morgan fingerprint density at radius 2 is 1.88 bits per heavy atom. The van der Waals surface area contributed by atoms with E-state index in [9.17, 15) is 23.2 Å². The Hall–Kier alpha value is -3.84. The third kappa shape index (κ3) is 5.31. The van der Waals surface area contributed by atoms with E-state index in [-0.39, 0.29) is 17.5 Å². The van der Waals surface area contributed by atoms with Crippen LogP contribution in [0.4, 0.5) is 18.9 Å². The fourth-order valence-corrected chi connectivity index (χ4v) is 6.34. The highest BCUT2D eigenvalue weighted by atomic mass is 19.4. The molecule has 1 N–H and O–H groups in total. The molecule has 1 aromatic carbocycles. The van der Waals surface area contributed by atoms with E-state index in [0.29, 0.717) is 37.7 Å². The van der Waals surface area contributed by atoms with E-state index in [4.69, 9.17) is 4.98 Å². The molecule has 3 fully saturated rings. The number of amides is 1. The number of likely N-dealkylation sites (N-methyl/N-ethyl adjacent to an activating group) is 1. The van der Waals surface area contributed by atoms with Crippen LogP contribution < -0.4 is 10.2 Å². The van der Waals surface area contributed by atoms with E-state index in [1.807, 2.05) is 42.4 Å². The number of benzene rings is 1. The number of rotatable bonds is 6. The van der Waals surface area contributed by atoms with Crippen molar-refractivity contribution in [3.8, 4) is 17.5 Å². The van der Waals surface area contributed by atoms with Crippen LogP contribution in [0.5, 0.6) is 0 Å². The van der Waals surface area contributed by atoms with E-state index in [1.165, 1.54) is 18.9 Å². The summed E-state index contributed by atoms with van der Waals surface area (Å²) in [5.74, 6) is -0.0405. The molecule has 0 radical (unpaired) electrons. The average molecular weight is 563 g/mol. The van der Waals surface area contributed by atoms with Crippen LogP contribution in [0, 0.1) is 11.3 Å². The molecule has 2 aromatic heterocycles. The van der Waals surface area contributed by atoms with Crippen molar-refractivity contribution >= 4 is 11.6 Å². The third-order valence-electron chi connectivity index (χ3n) is 8.86. The smallest absolute Gasteiger partial charge is 0.370 e. The van der Waals surface area contributed by atoms with Gasteiger partial charge < -0.3 is 19.7 Å². The number of carbonyl (C=O) groups is 1. The zero-order chi connectivity index (χ0) is 28.8. The number of alkyl halides is 3. The fourth-order valence-electron chi connectivity index (χ4n) is 6.34. The minimum absolute atomic E-state index is 0.0181. The normalized spacial score (nSPS) is 21.0. The predicted molar refractivity (Wildman–Crippen MR) is 149 cm³/mol. The Kier molecular flexibility index (Phi) is 7.02. The van der Waals surface area contributed by atoms with Crippen molar-refractivity contribution in [1.29, 1.82) is 5.26 Å². The van der Waals surface area contributed by atoms with Gasteiger partial charge in [0, 0.05) is 44.1 Å². The summed E-state index contributed by atoms with van der Waals surface area (Å²) in [7, 11) is 2.04. The molecule has 1 atom stereocenters. The molecule has 6 rings (SSSR count). The third-order valence-corrected chi connectivity index (χ3v) is 8.86. The van der Waals surface area contributed by atoms with Crippen molar-refractivity contribution in [2.75, 3.05) is 38.1 Å². The van der Waals surface area contributed by atoms with Crippen molar-refractivity contribution in [2.24, 2.45) is 0 Å². The zero-order valence-electron chi connectivity index (χ0n) is 23.0. The molecule has 214 valence electrons. The molecule has 7 nitrogen and oxygen atoms in total. The number of likely N-dealkylation sites (tertiary alicyclic amines) is 1. The number of piperidine rings is 1. The summed E-state index contributed by atoms with van der Waals surface area (Å²) in [4.78, 5) is 22.9. The van der Waals surface area contributed by atoms with E-state index >= 15 is 0 Å². The zero-order valence-corrected chi connectivity index (χ0v) is 23.0. The van der Waals surface area contributed by atoms with Gasteiger partial charge in [0.2, 0.25) is 5.91 Å². The minimum atomic E-state index is -4.52. The number of anilines is 1. The van der Waals surface area contributed by atoms with Gasteiger partial charge in [0.15, 0.2) is 0 Å². The van der Waals surface area contributed by atoms with Crippen molar-refractivity contribution in [3.05, 3.63) is 71.5 Å². The van der Waals surface area contributed by atoms with Gasteiger partial charge >= 0.3 is 6.18 Å². The SMILES string of the molecule is CN1CC[C@H](NC(=O)C2(c3ccc(-c4cccn4C4CC4)nc3)CCN(c3ccc(C(F)(F)F)cc3C#N)CC2)C1. The largest absolute Gasteiger partial charge is 0.416 e. The second-order valence-corrected chi connectivity index (χ2v) is 11.6. The number of hydrogen-bond donors (Lipinski definition) is 1. The summed E-state index contributed by atoms with van der Waals surface area (Å²) in [6.45, 7) is 2.56. The monoisotopic (exact) mass is 562 g/mol. The van der Waals surface area contributed by atoms with Crippen LogP contribution in [0.15, 0.2) is 54.9 Å². The molecule has 1 saturated carbocycles. The van der Waals surface area contributed by atoms with Gasteiger partial charge in [0.05, 0.1) is 33.6 Å². The van der Waals surface area contributed by atoms with Crippen LogP contribution in [0.1, 0.15) is 54.8 Å².